The summed E-state index contributed by atoms with van der Waals surface area (Å²) in [4.78, 5) is 61.8. The molecule has 290 valence electrons. The van der Waals surface area contributed by atoms with Crippen molar-refractivity contribution < 1.29 is 53.1 Å². The number of fused-ring (bicyclic) bond motifs is 1. The van der Waals surface area contributed by atoms with Crippen LogP contribution in [0.15, 0.2) is 5.11 Å². The van der Waals surface area contributed by atoms with Crippen LogP contribution in [0.2, 0.25) is 0 Å². The molecule has 3 aliphatic heterocycles. The van der Waals surface area contributed by atoms with E-state index < -0.39 is 102 Å². The van der Waals surface area contributed by atoms with Gasteiger partial charge < -0.3 is 43.7 Å². The first-order chi connectivity index (χ1) is 23.8. The molecule has 3 heterocycles. The Balaban J connectivity index is 2.11. The minimum atomic E-state index is -1.44. The summed E-state index contributed by atoms with van der Waals surface area (Å²) in [5.41, 5.74) is 5.88. The number of amides is 1. The van der Waals surface area contributed by atoms with Crippen molar-refractivity contribution in [2.45, 2.75) is 141 Å². The Kier molecular flexibility index (Phi) is 14.5. The van der Waals surface area contributed by atoms with Crippen molar-refractivity contribution in [3.63, 3.8) is 0 Å². The fourth-order valence-electron chi connectivity index (χ4n) is 8.30. The minimum Gasteiger partial charge on any atom is -0.458 e. The fraction of sp³-hybridized carbons (Fsp3) is 0.886. The molecule has 3 aliphatic rings. The van der Waals surface area contributed by atoms with Crippen LogP contribution < -0.4 is 0 Å². The van der Waals surface area contributed by atoms with E-state index in [1.54, 1.807) is 67.5 Å². The molecule has 3 saturated heterocycles. The fourth-order valence-corrected chi connectivity index (χ4v) is 8.30. The number of ether oxygens (including phenoxy) is 5. The summed E-state index contributed by atoms with van der Waals surface area (Å²) >= 11 is 0. The van der Waals surface area contributed by atoms with Crippen molar-refractivity contribution >= 4 is 23.6 Å². The Morgan fingerprint density at radius 1 is 1.02 bits per heavy atom. The highest BCUT2D eigenvalue weighted by Crippen LogP contribution is 2.43. The number of azide groups is 1. The summed E-state index contributed by atoms with van der Waals surface area (Å²) in [6.45, 7) is 13.7. The normalized spacial score (nSPS) is 41.4. The van der Waals surface area contributed by atoms with Crippen LogP contribution in [-0.4, -0.2) is 138 Å². The topological polar surface area (TPSA) is 210 Å². The largest absolute Gasteiger partial charge is 0.458 e. The van der Waals surface area contributed by atoms with E-state index >= 15 is 0 Å². The van der Waals surface area contributed by atoms with Crippen LogP contribution in [0.4, 0.5) is 4.79 Å². The lowest BCUT2D eigenvalue weighted by atomic mass is 9.73. The maximum Gasteiger partial charge on any atom is 0.410 e. The number of hydrogen-bond donors (Lipinski definition) is 2. The lowest BCUT2D eigenvalue weighted by Crippen LogP contribution is -2.64. The predicted octanol–water partition coefficient (Wildman–Crippen LogP) is 3.25. The standard InChI is InChI=1S/C35H59N5O11/c1-12-23-35(8)29(40(33(46)51-35)16-14-13-15-37-38-36)19(3)25(41)18(2)17-34(7,47-11)30(20(4)26(42)21(5)31(45)49-23)50-32-28(44)24(39(9)10)27(43)22(6)48-32/h18-24,27-30,32,43-44H,12-17H2,1-11H3/t18-,19+,20+,21-,22-,23?,24+,27-,28-,29-,30-,32+,34-,35-/m1/s1. The molecule has 0 radical (unpaired) electrons. The number of cyclic esters (lactones) is 1. The molecule has 51 heavy (non-hydrogen) atoms. The Morgan fingerprint density at radius 2 is 1.67 bits per heavy atom. The molecule has 1 amide bonds. The molecular weight excluding hydrogens is 666 g/mol. The highest BCUT2D eigenvalue weighted by atomic mass is 16.7. The third kappa shape index (κ3) is 8.69. The molecule has 0 aromatic heterocycles. The Morgan fingerprint density at radius 3 is 2.24 bits per heavy atom. The van der Waals surface area contributed by atoms with E-state index in [1.165, 1.54) is 18.9 Å². The smallest absolute Gasteiger partial charge is 0.410 e. The van der Waals surface area contributed by atoms with Gasteiger partial charge >= 0.3 is 12.1 Å². The van der Waals surface area contributed by atoms with Crippen LogP contribution >= 0.6 is 0 Å². The number of aliphatic hydroxyl groups excluding tert-OH is 2. The number of hydrogen-bond acceptors (Lipinski definition) is 13. The monoisotopic (exact) mass is 725 g/mol. The van der Waals surface area contributed by atoms with Gasteiger partial charge in [-0.15, -0.1) is 0 Å². The van der Waals surface area contributed by atoms with Gasteiger partial charge in [0.15, 0.2) is 17.7 Å². The number of esters is 1. The highest BCUT2D eigenvalue weighted by molar-refractivity contribution is 6.00. The van der Waals surface area contributed by atoms with Crippen LogP contribution in [0.25, 0.3) is 10.4 Å². The van der Waals surface area contributed by atoms with E-state index in [1.807, 2.05) is 0 Å². The molecule has 0 bridgehead atoms. The molecule has 2 N–H and O–H groups in total. The van der Waals surface area contributed by atoms with E-state index in [9.17, 15) is 29.4 Å². The van der Waals surface area contributed by atoms with Crippen LogP contribution in [-0.2, 0) is 38.1 Å². The second kappa shape index (κ2) is 17.3. The number of methoxy groups -OCH3 is 1. The molecular formula is C35H59N5O11. The van der Waals surface area contributed by atoms with Gasteiger partial charge in [-0.25, -0.2) is 4.79 Å². The zero-order chi connectivity index (χ0) is 38.6. The molecule has 1 unspecified atom stereocenters. The second-order valence-corrected chi connectivity index (χ2v) is 15.1. The van der Waals surface area contributed by atoms with E-state index in [4.69, 9.17) is 29.2 Å². The maximum atomic E-state index is 14.5. The zero-order valence-electron chi connectivity index (χ0n) is 32.0. The average Bonchev–Trinajstić information content (AvgIpc) is 3.34. The second-order valence-electron chi connectivity index (χ2n) is 15.1. The van der Waals surface area contributed by atoms with Crippen molar-refractivity contribution in [3.8, 4) is 0 Å². The van der Waals surface area contributed by atoms with E-state index in [-0.39, 0.29) is 31.7 Å². The summed E-state index contributed by atoms with van der Waals surface area (Å²) in [6.07, 6.45) is -5.93. The molecule has 0 aromatic carbocycles. The van der Waals surface area contributed by atoms with Gasteiger partial charge in [-0.2, -0.15) is 0 Å². The van der Waals surface area contributed by atoms with Gasteiger partial charge in [0.2, 0.25) is 0 Å². The van der Waals surface area contributed by atoms with Gasteiger partial charge in [0, 0.05) is 42.9 Å². The molecule has 0 aliphatic carbocycles. The number of ketones is 2. The molecule has 16 nitrogen and oxygen atoms in total. The summed E-state index contributed by atoms with van der Waals surface area (Å²) in [7, 11) is 4.86. The summed E-state index contributed by atoms with van der Waals surface area (Å²) in [5, 5.41) is 25.7. The zero-order valence-corrected chi connectivity index (χ0v) is 32.0. The number of likely N-dealkylation sites (N-methyl/N-ethyl adjacent to an activating group) is 1. The van der Waals surface area contributed by atoms with E-state index in [0.29, 0.717) is 12.8 Å². The van der Waals surface area contributed by atoms with Gasteiger partial charge in [0.25, 0.3) is 0 Å². The number of carbonyl (C=O) groups is 4. The average molecular weight is 726 g/mol. The highest BCUT2D eigenvalue weighted by Gasteiger charge is 2.60. The van der Waals surface area contributed by atoms with Crippen molar-refractivity contribution in [1.29, 1.82) is 0 Å². The van der Waals surface area contributed by atoms with E-state index in [2.05, 4.69) is 10.0 Å². The van der Waals surface area contributed by atoms with Crippen LogP contribution in [0.3, 0.4) is 0 Å². The van der Waals surface area contributed by atoms with Crippen molar-refractivity contribution in [3.05, 3.63) is 10.4 Å². The van der Waals surface area contributed by atoms with Crippen LogP contribution in [0.1, 0.15) is 81.1 Å². The van der Waals surface area contributed by atoms with Crippen molar-refractivity contribution in [2.24, 2.45) is 28.8 Å². The number of rotatable bonds is 10. The van der Waals surface area contributed by atoms with Crippen molar-refractivity contribution in [2.75, 3.05) is 34.3 Å². The number of carbonyl (C=O) groups excluding carboxylic acids is 4. The predicted molar refractivity (Wildman–Crippen MR) is 184 cm³/mol. The number of nitrogens with zero attached hydrogens (tertiary/aromatic N) is 5. The third-order valence-electron chi connectivity index (χ3n) is 11.3. The minimum absolute atomic E-state index is 0.0630. The van der Waals surface area contributed by atoms with Gasteiger partial charge in [-0.3, -0.25) is 14.4 Å². The first-order valence-corrected chi connectivity index (χ1v) is 18.0. The number of aliphatic hydroxyl groups is 2. The number of unbranched alkanes of at least 4 members (excludes halogenated alkanes) is 1. The first-order valence-electron chi connectivity index (χ1n) is 18.0. The number of Topliss-reactive ketones (excluding diaryl/α,β-unsaturated/α-hetero) is 2. The summed E-state index contributed by atoms with van der Waals surface area (Å²) < 4.78 is 30.5. The van der Waals surface area contributed by atoms with Gasteiger partial charge in [0.1, 0.15) is 23.9 Å². The maximum absolute atomic E-state index is 14.5. The molecule has 0 spiro atoms. The van der Waals surface area contributed by atoms with E-state index in [0.717, 1.165) is 0 Å². The van der Waals surface area contributed by atoms with Gasteiger partial charge in [-0.05, 0) is 73.0 Å². The molecule has 0 saturated carbocycles. The Bertz CT molecular complexity index is 1310. The van der Waals surface area contributed by atoms with Crippen LogP contribution in [0.5, 0.6) is 0 Å². The van der Waals surface area contributed by atoms with Gasteiger partial charge in [-0.1, -0.05) is 32.8 Å². The Hall–Kier alpha value is -2.85. The quantitative estimate of drug-likeness (QED) is 0.0831. The Labute approximate surface area is 301 Å². The third-order valence-corrected chi connectivity index (χ3v) is 11.3. The molecule has 3 rings (SSSR count). The van der Waals surface area contributed by atoms with Crippen molar-refractivity contribution in [1.82, 2.24) is 9.80 Å². The lowest BCUT2D eigenvalue weighted by Gasteiger charge is -2.48. The first kappa shape index (κ1) is 42.6. The summed E-state index contributed by atoms with van der Waals surface area (Å²) in [6, 6.07) is -1.60. The van der Waals surface area contributed by atoms with Gasteiger partial charge in [0.05, 0.1) is 36.0 Å². The molecule has 3 fully saturated rings. The SMILES string of the molecule is CCC1OC(=O)[C@H](C)C(=O)[C@H](C)[C@@H](O[C@@H]2O[C@H](C)[C@@H](O)[C@H](N(C)C)[C@H]2O)[C@](C)(OC)C[C@@H](C)C(=O)[C@H](C)[C@H]2N(CCCCN=[N+]=[N-])C(=O)O[C@]12C. The van der Waals surface area contributed by atoms with Crippen LogP contribution in [0, 0.1) is 23.7 Å². The molecule has 0 aromatic rings. The molecule has 16 heteroatoms. The summed E-state index contributed by atoms with van der Waals surface area (Å²) in [5.74, 6) is -5.36. The lowest BCUT2D eigenvalue weighted by molar-refractivity contribution is -0.313. The molecule has 14 atom stereocenters.